The first-order chi connectivity index (χ1) is 10.1. The number of carbonyl (C=O) groups is 1. The lowest BCUT2D eigenvalue weighted by Crippen LogP contribution is -2.45. The van der Waals surface area contributed by atoms with Gasteiger partial charge in [-0.05, 0) is 44.5 Å². The van der Waals surface area contributed by atoms with E-state index in [1.54, 1.807) is 6.07 Å². The molecule has 0 unspecified atom stereocenters. The summed E-state index contributed by atoms with van der Waals surface area (Å²) in [5.41, 5.74) is -0.528. The molecule has 0 bridgehead atoms. The molecular formula is C16H22ClNO3. The van der Waals surface area contributed by atoms with Crippen LogP contribution in [0.25, 0.3) is 0 Å². The second-order valence-corrected chi connectivity index (χ2v) is 5.97. The SMILES string of the molecule is CCC1(C(=O)O)CCN(CCOc2ccccc2Cl)CC1. The molecule has 2 rings (SSSR count). The molecule has 0 spiro atoms. The van der Waals surface area contributed by atoms with Crippen molar-refractivity contribution in [2.24, 2.45) is 5.41 Å². The van der Waals surface area contributed by atoms with E-state index >= 15 is 0 Å². The second kappa shape index (κ2) is 7.14. The zero-order valence-electron chi connectivity index (χ0n) is 12.3. The number of carboxylic acid groups (broad SMARTS) is 1. The summed E-state index contributed by atoms with van der Waals surface area (Å²) in [6, 6.07) is 7.42. The smallest absolute Gasteiger partial charge is 0.309 e. The highest BCUT2D eigenvalue weighted by atomic mass is 35.5. The number of halogens is 1. The highest BCUT2D eigenvalue weighted by Gasteiger charge is 2.39. The third kappa shape index (κ3) is 3.89. The number of piperidine rings is 1. The van der Waals surface area contributed by atoms with Gasteiger partial charge in [-0.1, -0.05) is 30.7 Å². The van der Waals surface area contributed by atoms with Gasteiger partial charge in [-0.3, -0.25) is 9.69 Å². The van der Waals surface area contributed by atoms with Gasteiger partial charge < -0.3 is 9.84 Å². The van der Waals surface area contributed by atoms with Crippen LogP contribution in [0.1, 0.15) is 26.2 Å². The molecule has 1 aliphatic rings. The molecule has 0 aliphatic carbocycles. The second-order valence-electron chi connectivity index (χ2n) is 5.56. The van der Waals surface area contributed by atoms with Crippen LogP contribution in [0.4, 0.5) is 0 Å². The largest absolute Gasteiger partial charge is 0.491 e. The maximum Gasteiger partial charge on any atom is 0.309 e. The van der Waals surface area contributed by atoms with Crippen LogP contribution in [-0.2, 0) is 4.79 Å². The lowest BCUT2D eigenvalue weighted by molar-refractivity contribution is -0.152. The predicted molar refractivity (Wildman–Crippen MR) is 83.0 cm³/mol. The predicted octanol–water partition coefficient (Wildman–Crippen LogP) is 3.30. The Morgan fingerprint density at radius 3 is 2.62 bits per heavy atom. The number of ether oxygens (including phenoxy) is 1. The number of hydrogen-bond acceptors (Lipinski definition) is 3. The highest BCUT2D eigenvalue weighted by Crippen LogP contribution is 2.35. The third-order valence-corrected chi connectivity index (χ3v) is 4.76. The van der Waals surface area contributed by atoms with Gasteiger partial charge in [0.25, 0.3) is 0 Å². The Morgan fingerprint density at radius 2 is 2.05 bits per heavy atom. The summed E-state index contributed by atoms with van der Waals surface area (Å²) in [4.78, 5) is 13.7. The maximum absolute atomic E-state index is 11.4. The molecule has 1 saturated heterocycles. The molecule has 4 nitrogen and oxygen atoms in total. The minimum Gasteiger partial charge on any atom is -0.491 e. The number of benzene rings is 1. The van der Waals surface area contributed by atoms with E-state index in [0.717, 1.165) is 19.6 Å². The lowest BCUT2D eigenvalue weighted by Gasteiger charge is -2.38. The van der Waals surface area contributed by atoms with Crippen LogP contribution in [0.5, 0.6) is 5.75 Å². The molecule has 0 radical (unpaired) electrons. The average molecular weight is 312 g/mol. The van der Waals surface area contributed by atoms with Crippen molar-refractivity contribution in [1.29, 1.82) is 0 Å². The number of rotatable bonds is 6. The first-order valence-corrected chi connectivity index (χ1v) is 7.78. The lowest BCUT2D eigenvalue weighted by atomic mass is 9.76. The van der Waals surface area contributed by atoms with Crippen molar-refractivity contribution in [3.05, 3.63) is 29.3 Å². The normalized spacial score (nSPS) is 18.4. The van der Waals surface area contributed by atoms with Crippen molar-refractivity contribution in [3.8, 4) is 5.75 Å². The maximum atomic E-state index is 11.4. The molecule has 116 valence electrons. The van der Waals surface area contributed by atoms with Gasteiger partial charge in [0, 0.05) is 6.54 Å². The molecule has 1 N–H and O–H groups in total. The van der Waals surface area contributed by atoms with E-state index in [-0.39, 0.29) is 0 Å². The van der Waals surface area contributed by atoms with Crippen molar-refractivity contribution in [1.82, 2.24) is 4.90 Å². The molecule has 21 heavy (non-hydrogen) atoms. The zero-order chi connectivity index (χ0) is 15.3. The van der Waals surface area contributed by atoms with Gasteiger partial charge in [0.15, 0.2) is 0 Å². The van der Waals surface area contributed by atoms with Crippen molar-refractivity contribution < 1.29 is 14.6 Å². The molecule has 0 amide bonds. The van der Waals surface area contributed by atoms with Crippen LogP contribution in [-0.4, -0.2) is 42.2 Å². The Kier molecular flexibility index (Phi) is 5.48. The molecule has 0 atom stereocenters. The summed E-state index contributed by atoms with van der Waals surface area (Å²) < 4.78 is 5.68. The first-order valence-electron chi connectivity index (χ1n) is 7.40. The molecule has 1 aliphatic heterocycles. The van der Waals surface area contributed by atoms with Crippen molar-refractivity contribution >= 4 is 17.6 Å². The molecule has 1 heterocycles. The third-order valence-electron chi connectivity index (χ3n) is 4.45. The summed E-state index contributed by atoms with van der Waals surface area (Å²) in [6.07, 6.45) is 2.13. The molecule has 1 fully saturated rings. The zero-order valence-corrected chi connectivity index (χ0v) is 13.1. The van der Waals surface area contributed by atoms with Gasteiger partial charge in [0.05, 0.1) is 10.4 Å². The van der Waals surface area contributed by atoms with Crippen LogP contribution in [0.3, 0.4) is 0 Å². The quantitative estimate of drug-likeness (QED) is 0.876. The van der Waals surface area contributed by atoms with E-state index in [1.807, 2.05) is 25.1 Å². The number of likely N-dealkylation sites (tertiary alicyclic amines) is 1. The van der Waals surface area contributed by atoms with Crippen LogP contribution >= 0.6 is 11.6 Å². The number of carboxylic acids is 1. The van der Waals surface area contributed by atoms with Crippen molar-refractivity contribution in [2.75, 3.05) is 26.2 Å². The Balaban J connectivity index is 1.77. The molecule has 1 aromatic carbocycles. The minimum atomic E-state index is -0.656. The van der Waals surface area contributed by atoms with Gasteiger partial charge in [0.1, 0.15) is 12.4 Å². The first kappa shape index (κ1) is 16.1. The highest BCUT2D eigenvalue weighted by molar-refractivity contribution is 6.32. The van der Waals surface area contributed by atoms with Crippen LogP contribution in [0, 0.1) is 5.41 Å². The molecular weight excluding hydrogens is 290 g/mol. The number of para-hydroxylation sites is 1. The van der Waals surface area contributed by atoms with E-state index in [2.05, 4.69) is 4.90 Å². The summed E-state index contributed by atoms with van der Waals surface area (Å²) >= 11 is 6.03. The Morgan fingerprint density at radius 1 is 1.38 bits per heavy atom. The Labute approximate surface area is 130 Å². The Hall–Kier alpha value is -1.26. The van der Waals surface area contributed by atoms with E-state index < -0.39 is 11.4 Å². The van der Waals surface area contributed by atoms with Crippen LogP contribution in [0.15, 0.2) is 24.3 Å². The summed E-state index contributed by atoms with van der Waals surface area (Å²) in [6.45, 7) is 4.95. The van der Waals surface area contributed by atoms with Gasteiger partial charge in [0.2, 0.25) is 0 Å². The van der Waals surface area contributed by atoms with Crippen molar-refractivity contribution in [3.63, 3.8) is 0 Å². The van der Waals surface area contributed by atoms with Crippen molar-refractivity contribution in [2.45, 2.75) is 26.2 Å². The number of hydrogen-bond donors (Lipinski definition) is 1. The fraction of sp³-hybridized carbons (Fsp3) is 0.562. The fourth-order valence-electron chi connectivity index (χ4n) is 2.77. The fourth-order valence-corrected chi connectivity index (χ4v) is 2.96. The molecule has 0 aromatic heterocycles. The van der Waals surface area contributed by atoms with Crippen LogP contribution in [0.2, 0.25) is 5.02 Å². The molecule has 1 aromatic rings. The standard InChI is InChI=1S/C16H22ClNO3/c1-2-16(15(19)20)7-9-18(10-8-16)11-12-21-14-6-4-3-5-13(14)17/h3-6H,2,7-12H2,1H3,(H,19,20). The number of nitrogens with zero attached hydrogens (tertiary/aromatic N) is 1. The van der Waals surface area contributed by atoms with Gasteiger partial charge >= 0.3 is 5.97 Å². The van der Waals surface area contributed by atoms with E-state index in [4.69, 9.17) is 16.3 Å². The average Bonchev–Trinajstić information content (AvgIpc) is 2.50. The topological polar surface area (TPSA) is 49.8 Å². The van der Waals surface area contributed by atoms with Gasteiger partial charge in [-0.2, -0.15) is 0 Å². The van der Waals surface area contributed by atoms with E-state index in [0.29, 0.717) is 36.6 Å². The Bertz CT molecular complexity index is 484. The monoisotopic (exact) mass is 311 g/mol. The summed E-state index contributed by atoms with van der Waals surface area (Å²) in [5, 5.41) is 9.99. The van der Waals surface area contributed by atoms with E-state index in [1.165, 1.54) is 0 Å². The summed E-state index contributed by atoms with van der Waals surface area (Å²) in [7, 11) is 0. The number of aliphatic carboxylic acids is 1. The van der Waals surface area contributed by atoms with E-state index in [9.17, 15) is 9.90 Å². The van der Waals surface area contributed by atoms with Gasteiger partial charge in [-0.25, -0.2) is 0 Å². The van der Waals surface area contributed by atoms with Crippen LogP contribution < -0.4 is 4.74 Å². The summed E-state index contributed by atoms with van der Waals surface area (Å²) in [5.74, 6) is 0.0431. The van der Waals surface area contributed by atoms with Gasteiger partial charge in [-0.15, -0.1) is 0 Å². The minimum absolute atomic E-state index is 0.528. The molecule has 0 saturated carbocycles. The molecule has 5 heteroatoms.